The highest BCUT2D eigenvalue weighted by Crippen LogP contribution is 2.19. The molecule has 0 aliphatic carbocycles. The van der Waals surface area contributed by atoms with Crippen molar-refractivity contribution in [3.8, 4) is 11.5 Å². The maximum atomic E-state index is 12.0. The Hall–Kier alpha value is -2.49. The topological polar surface area (TPSA) is 47.6 Å². The van der Waals surface area contributed by atoms with Gasteiger partial charge in [0.1, 0.15) is 11.5 Å². The molecule has 0 saturated carbocycles. The van der Waals surface area contributed by atoms with E-state index in [2.05, 4.69) is 19.2 Å². The fraction of sp³-hybridized carbons (Fsp3) is 0.381. The molecule has 0 radical (unpaired) electrons. The maximum Gasteiger partial charge on any atom is 0.262 e. The number of carbonyl (C=O) groups excluding carboxylic acids is 1. The zero-order chi connectivity index (χ0) is 18.2. The normalized spacial score (nSPS) is 10.6. The van der Waals surface area contributed by atoms with Crippen molar-refractivity contribution >= 4 is 11.6 Å². The van der Waals surface area contributed by atoms with Gasteiger partial charge in [-0.25, -0.2) is 0 Å². The Morgan fingerprint density at radius 1 is 1.04 bits per heavy atom. The van der Waals surface area contributed by atoms with Gasteiger partial charge in [-0.2, -0.15) is 0 Å². The number of aryl methyl sites for hydroxylation is 2. The molecule has 2 aromatic carbocycles. The van der Waals surface area contributed by atoms with E-state index in [0.29, 0.717) is 12.5 Å². The van der Waals surface area contributed by atoms with E-state index >= 15 is 0 Å². The number of nitrogens with one attached hydrogen (secondary N) is 1. The van der Waals surface area contributed by atoms with E-state index in [1.807, 2.05) is 56.3 Å². The number of hydrogen-bond donors (Lipinski definition) is 1. The van der Waals surface area contributed by atoms with Crippen LogP contribution in [0, 0.1) is 19.8 Å². The Morgan fingerprint density at radius 3 is 2.44 bits per heavy atom. The summed E-state index contributed by atoms with van der Waals surface area (Å²) in [5.74, 6) is 1.99. The minimum absolute atomic E-state index is 0.0169. The van der Waals surface area contributed by atoms with E-state index in [1.165, 1.54) is 0 Å². The third-order valence-electron chi connectivity index (χ3n) is 3.80. The SMILES string of the molecule is Cc1ccc(C)c(OCC(=O)Nc2ccc(OCCC(C)C)cc2)c1. The maximum absolute atomic E-state index is 12.0. The summed E-state index contributed by atoms with van der Waals surface area (Å²) in [6.45, 7) is 8.98. The standard InChI is InChI=1S/C21H27NO3/c1-15(2)11-12-24-19-9-7-18(8-10-19)22-21(23)14-25-20-13-16(3)5-6-17(20)4/h5-10,13,15H,11-12,14H2,1-4H3,(H,22,23). The molecule has 4 heteroatoms. The predicted molar refractivity (Wildman–Crippen MR) is 101 cm³/mol. The average Bonchev–Trinajstić information content (AvgIpc) is 2.57. The number of anilines is 1. The third-order valence-corrected chi connectivity index (χ3v) is 3.80. The van der Waals surface area contributed by atoms with Gasteiger partial charge in [-0.15, -0.1) is 0 Å². The summed E-state index contributed by atoms with van der Waals surface area (Å²) in [6.07, 6.45) is 1.02. The van der Waals surface area contributed by atoms with Crippen LogP contribution in [-0.2, 0) is 4.79 Å². The molecule has 0 atom stereocenters. The first-order chi connectivity index (χ1) is 11.9. The summed E-state index contributed by atoms with van der Waals surface area (Å²) >= 11 is 0. The van der Waals surface area contributed by atoms with Crippen LogP contribution in [0.25, 0.3) is 0 Å². The molecule has 134 valence electrons. The van der Waals surface area contributed by atoms with Crippen molar-refractivity contribution in [2.75, 3.05) is 18.5 Å². The van der Waals surface area contributed by atoms with Crippen molar-refractivity contribution in [3.05, 3.63) is 53.6 Å². The van der Waals surface area contributed by atoms with Crippen LogP contribution < -0.4 is 14.8 Å². The Morgan fingerprint density at radius 2 is 1.76 bits per heavy atom. The fourth-order valence-electron chi connectivity index (χ4n) is 2.25. The minimum atomic E-state index is -0.186. The smallest absolute Gasteiger partial charge is 0.262 e. The summed E-state index contributed by atoms with van der Waals surface area (Å²) in [5, 5.41) is 2.83. The molecule has 1 amide bonds. The first kappa shape index (κ1) is 18.8. The molecule has 4 nitrogen and oxygen atoms in total. The Bertz CT molecular complexity index is 693. The molecule has 0 bridgehead atoms. The molecule has 1 N–H and O–H groups in total. The monoisotopic (exact) mass is 341 g/mol. The van der Waals surface area contributed by atoms with Crippen molar-refractivity contribution in [1.29, 1.82) is 0 Å². The summed E-state index contributed by atoms with van der Waals surface area (Å²) in [6, 6.07) is 13.3. The molecule has 25 heavy (non-hydrogen) atoms. The van der Waals surface area contributed by atoms with Crippen molar-refractivity contribution in [3.63, 3.8) is 0 Å². The summed E-state index contributed by atoms with van der Waals surface area (Å²) in [5.41, 5.74) is 2.85. The second-order valence-corrected chi connectivity index (χ2v) is 6.66. The van der Waals surface area contributed by atoms with Gasteiger partial charge in [-0.05, 0) is 67.6 Å². The second-order valence-electron chi connectivity index (χ2n) is 6.66. The van der Waals surface area contributed by atoms with Crippen LogP contribution in [0.4, 0.5) is 5.69 Å². The van der Waals surface area contributed by atoms with Gasteiger partial charge < -0.3 is 14.8 Å². The quantitative estimate of drug-likeness (QED) is 0.754. The van der Waals surface area contributed by atoms with E-state index in [4.69, 9.17) is 9.47 Å². The molecule has 0 spiro atoms. The zero-order valence-electron chi connectivity index (χ0n) is 15.5. The van der Waals surface area contributed by atoms with Gasteiger partial charge in [-0.3, -0.25) is 4.79 Å². The Balaban J connectivity index is 1.81. The number of amides is 1. The van der Waals surface area contributed by atoms with E-state index in [-0.39, 0.29) is 12.5 Å². The molecule has 0 fully saturated rings. The Kier molecular flexibility index (Phi) is 6.87. The lowest BCUT2D eigenvalue weighted by molar-refractivity contribution is -0.118. The van der Waals surface area contributed by atoms with Crippen LogP contribution in [0.1, 0.15) is 31.4 Å². The van der Waals surface area contributed by atoms with Crippen molar-refractivity contribution in [2.45, 2.75) is 34.1 Å². The molecular weight excluding hydrogens is 314 g/mol. The molecule has 0 saturated heterocycles. The number of rotatable bonds is 8. The number of hydrogen-bond acceptors (Lipinski definition) is 3. The van der Waals surface area contributed by atoms with Crippen LogP contribution in [-0.4, -0.2) is 19.1 Å². The van der Waals surface area contributed by atoms with Gasteiger partial charge in [0, 0.05) is 5.69 Å². The number of benzene rings is 2. The zero-order valence-corrected chi connectivity index (χ0v) is 15.5. The first-order valence-electron chi connectivity index (χ1n) is 8.67. The van der Waals surface area contributed by atoms with Crippen molar-refractivity contribution in [2.24, 2.45) is 5.92 Å². The molecule has 0 unspecified atom stereocenters. The van der Waals surface area contributed by atoms with Crippen LogP contribution in [0.3, 0.4) is 0 Å². The number of ether oxygens (including phenoxy) is 2. The summed E-state index contributed by atoms with van der Waals surface area (Å²) in [4.78, 5) is 12.0. The van der Waals surface area contributed by atoms with E-state index in [1.54, 1.807) is 0 Å². The van der Waals surface area contributed by atoms with E-state index < -0.39 is 0 Å². The van der Waals surface area contributed by atoms with Gasteiger partial charge in [0.2, 0.25) is 0 Å². The van der Waals surface area contributed by atoms with E-state index in [9.17, 15) is 4.79 Å². The highest BCUT2D eigenvalue weighted by atomic mass is 16.5. The van der Waals surface area contributed by atoms with Gasteiger partial charge in [0.15, 0.2) is 6.61 Å². The predicted octanol–water partition coefficient (Wildman–Crippen LogP) is 4.75. The number of carbonyl (C=O) groups is 1. The van der Waals surface area contributed by atoms with Crippen molar-refractivity contribution < 1.29 is 14.3 Å². The molecule has 2 rings (SSSR count). The fourth-order valence-corrected chi connectivity index (χ4v) is 2.25. The van der Waals surface area contributed by atoms with Gasteiger partial charge in [0.25, 0.3) is 5.91 Å². The molecular formula is C21H27NO3. The van der Waals surface area contributed by atoms with Crippen LogP contribution in [0.2, 0.25) is 0 Å². The summed E-state index contributed by atoms with van der Waals surface area (Å²) < 4.78 is 11.3. The minimum Gasteiger partial charge on any atom is -0.494 e. The lowest BCUT2D eigenvalue weighted by atomic mass is 10.1. The lowest BCUT2D eigenvalue weighted by Gasteiger charge is -2.11. The second kappa shape index (κ2) is 9.11. The van der Waals surface area contributed by atoms with Crippen LogP contribution >= 0.6 is 0 Å². The highest BCUT2D eigenvalue weighted by Gasteiger charge is 2.06. The highest BCUT2D eigenvalue weighted by molar-refractivity contribution is 5.91. The van der Waals surface area contributed by atoms with Gasteiger partial charge >= 0.3 is 0 Å². The lowest BCUT2D eigenvalue weighted by Crippen LogP contribution is -2.20. The molecule has 0 aromatic heterocycles. The van der Waals surface area contributed by atoms with Crippen molar-refractivity contribution in [1.82, 2.24) is 0 Å². The molecule has 0 aliphatic rings. The molecule has 0 heterocycles. The van der Waals surface area contributed by atoms with Gasteiger partial charge in [0.05, 0.1) is 6.61 Å². The molecule has 2 aromatic rings. The first-order valence-corrected chi connectivity index (χ1v) is 8.67. The average molecular weight is 341 g/mol. The molecule has 0 aliphatic heterocycles. The van der Waals surface area contributed by atoms with Crippen LogP contribution in [0.5, 0.6) is 11.5 Å². The Labute approximate surface area is 150 Å². The van der Waals surface area contributed by atoms with E-state index in [0.717, 1.165) is 34.7 Å². The summed E-state index contributed by atoms with van der Waals surface area (Å²) in [7, 11) is 0. The third kappa shape index (κ3) is 6.49. The van der Waals surface area contributed by atoms with Gasteiger partial charge in [-0.1, -0.05) is 26.0 Å². The van der Waals surface area contributed by atoms with Crippen LogP contribution in [0.15, 0.2) is 42.5 Å². The largest absolute Gasteiger partial charge is 0.494 e.